The van der Waals surface area contributed by atoms with Crippen LogP contribution in [-0.4, -0.2) is 39.0 Å². The molecule has 2 N–H and O–H groups in total. The van der Waals surface area contributed by atoms with E-state index in [4.69, 9.17) is 21.1 Å². The number of rotatable bonds is 7. The van der Waals surface area contributed by atoms with Gasteiger partial charge in [-0.15, -0.1) is 0 Å². The van der Waals surface area contributed by atoms with Gasteiger partial charge in [-0.05, 0) is 42.5 Å². The van der Waals surface area contributed by atoms with Crippen molar-refractivity contribution < 1.29 is 17.9 Å². The summed E-state index contributed by atoms with van der Waals surface area (Å²) in [5.41, 5.74) is 2.01. The van der Waals surface area contributed by atoms with Gasteiger partial charge >= 0.3 is 0 Å². The lowest BCUT2D eigenvalue weighted by Gasteiger charge is -2.09. The van der Waals surface area contributed by atoms with Crippen LogP contribution in [0.2, 0.25) is 5.02 Å². The van der Waals surface area contributed by atoms with Crippen LogP contribution in [0.5, 0.6) is 11.5 Å². The molecule has 0 saturated carbocycles. The van der Waals surface area contributed by atoms with Crippen LogP contribution in [-0.2, 0) is 10.0 Å². The van der Waals surface area contributed by atoms with Crippen LogP contribution < -0.4 is 14.3 Å². The van der Waals surface area contributed by atoms with Crippen LogP contribution in [0.3, 0.4) is 0 Å². The normalized spacial score (nSPS) is 11.5. The lowest BCUT2D eigenvalue weighted by atomic mass is 10.1. The van der Waals surface area contributed by atoms with Gasteiger partial charge in [0, 0.05) is 16.1 Å². The van der Waals surface area contributed by atoms with Crippen molar-refractivity contribution in [2.45, 2.75) is 4.90 Å². The molecule has 0 radical (unpaired) electrons. The number of aromatic nitrogens is 2. The van der Waals surface area contributed by atoms with Gasteiger partial charge in [-0.3, -0.25) is 5.10 Å². The second-order valence-electron chi connectivity index (χ2n) is 5.58. The second kappa shape index (κ2) is 8.32. The van der Waals surface area contributed by atoms with E-state index in [1.807, 2.05) is 6.07 Å². The largest absolute Gasteiger partial charge is 0.493 e. The molecular formula is C18H17ClN4O4S. The van der Waals surface area contributed by atoms with Crippen LogP contribution in [0.25, 0.3) is 11.3 Å². The second-order valence-corrected chi connectivity index (χ2v) is 7.67. The molecule has 0 unspecified atom stereocenters. The Hall–Kier alpha value is -3.04. The Morgan fingerprint density at radius 2 is 1.82 bits per heavy atom. The van der Waals surface area contributed by atoms with Gasteiger partial charge in [-0.2, -0.15) is 18.6 Å². The van der Waals surface area contributed by atoms with Crippen LogP contribution in [0.4, 0.5) is 0 Å². The number of nitrogens with one attached hydrogen (secondary N) is 2. The third-order valence-corrected chi connectivity index (χ3v) is 5.33. The monoisotopic (exact) mass is 420 g/mol. The van der Waals surface area contributed by atoms with Crippen LogP contribution in [0.1, 0.15) is 5.56 Å². The van der Waals surface area contributed by atoms with E-state index >= 15 is 0 Å². The summed E-state index contributed by atoms with van der Waals surface area (Å²) in [4.78, 5) is 2.22. The molecule has 8 nitrogen and oxygen atoms in total. The van der Waals surface area contributed by atoms with Crippen LogP contribution >= 0.6 is 11.6 Å². The molecular weight excluding hydrogens is 404 g/mol. The molecule has 0 aliphatic carbocycles. The molecule has 0 aliphatic rings. The molecule has 0 amide bonds. The van der Waals surface area contributed by atoms with Crippen molar-refractivity contribution in [1.82, 2.24) is 15.0 Å². The average Bonchev–Trinajstić information content (AvgIpc) is 3.16. The number of aromatic amines is 1. The number of sulfonamides is 1. The highest BCUT2D eigenvalue weighted by molar-refractivity contribution is 7.89. The number of nitrogens with zero attached hydrogens (tertiary/aromatic N) is 2. The van der Waals surface area contributed by atoms with Gasteiger partial charge in [0.1, 0.15) is 0 Å². The molecule has 1 heterocycles. The first-order chi connectivity index (χ1) is 13.4. The molecule has 0 bridgehead atoms. The van der Waals surface area contributed by atoms with E-state index in [0.717, 1.165) is 5.56 Å². The minimum Gasteiger partial charge on any atom is -0.493 e. The predicted molar refractivity (Wildman–Crippen MR) is 106 cm³/mol. The fourth-order valence-corrected chi connectivity index (χ4v) is 3.37. The zero-order valence-corrected chi connectivity index (χ0v) is 16.6. The van der Waals surface area contributed by atoms with Gasteiger partial charge in [0.25, 0.3) is 10.0 Å². The molecule has 28 heavy (non-hydrogen) atoms. The molecule has 2 aromatic carbocycles. The summed E-state index contributed by atoms with van der Waals surface area (Å²) in [5, 5.41) is 11.1. The first kappa shape index (κ1) is 19.7. The average molecular weight is 421 g/mol. The standard InChI is InChI=1S/C18H17ClN4O4S/c1-26-16-8-3-12(9-17(16)27-2)18-13(10-20-22-18)11-21-23-28(24,25)15-6-4-14(19)5-7-15/h3-11,23H,1-2H3,(H,20,22)/b21-11+. The molecule has 0 fully saturated rings. The molecule has 3 aromatic rings. The number of hydrogen-bond acceptors (Lipinski definition) is 6. The zero-order chi connectivity index (χ0) is 20.1. The van der Waals surface area contributed by atoms with Crippen molar-refractivity contribution in [2.75, 3.05) is 14.2 Å². The van der Waals surface area contributed by atoms with Crippen LogP contribution in [0.15, 0.2) is 58.7 Å². The van der Waals surface area contributed by atoms with E-state index in [9.17, 15) is 8.42 Å². The van der Waals surface area contributed by atoms with Crippen molar-refractivity contribution in [3.8, 4) is 22.8 Å². The summed E-state index contributed by atoms with van der Waals surface area (Å²) in [6, 6.07) is 11.1. The number of halogens is 1. The maximum atomic E-state index is 12.3. The Kier molecular flexibility index (Phi) is 5.86. The lowest BCUT2D eigenvalue weighted by Crippen LogP contribution is -2.18. The summed E-state index contributed by atoms with van der Waals surface area (Å²) in [5.74, 6) is 1.15. The van der Waals surface area contributed by atoms with Crippen molar-refractivity contribution in [1.29, 1.82) is 0 Å². The Balaban J connectivity index is 1.82. The number of hydrazone groups is 1. The van der Waals surface area contributed by atoms with E-state index in [0.29, 0.717) is 27.8 Å². The topological polar surface area (TPSA) is 106 Å². The van der Waals surface area contributed by atoms with Gasteiger partial charge in [0.2, 0.25) is 0 Å². The highest BCUT2D eigenvalue weighted by Gasteiger charge is 2.13. The summed E-state index contributed by atoms with van der Waals surface area (Å²) >= 11 is 5.78. The van der Waals surface area contributed by atoms with Crippen molar-refractivity contribution >= 4 is 27.8 Å². The number of benzene rings is 2. The molecule has 146 valence electrons. The van der Waals surface area contributed by atoms with Crippen LogP contribution in [0, 0.1) is 0 Å². The number of hydrogen-bond donors (Lipinski definition) is 2. The van der Waals surface area contributed by atoms with Crippen molar-refractivity contribution in [3.05, 3.63) is 59.2 Å². The maximum absolute atomic E-state index is 12.3. The highest BCUT2D eigenvalue weighted by Crippen LogP contribution is 2.32. The summed E-state index contributed by atoms with van der Waals surface area (Å²) < 4.78 is 35.1. The van der Waals surface area contributed by atoms with E-state index in [-0.39, 0.29) is 4.90 Å². The molecule has 3 rings (SSSR count). The van der Waals surface area contributed by atoms with Crippen molar-refractivity contribution in [3.63, 3.8) is 0 Å². The maximum Gasteiger partial charge on any atom is 0.276 e. The third-order valence-electron chi connectivity index (χ3n) is 3.84. The lowest BCUT2D eigenvalue weighted by molar-refractivity contribution is 0.355. The SMILES string of the molecule is COc1ccc(-c2[nH]ncc2/C=N/NS(=O)(=O)c2ccc(Cl)cc2)cc1OC. The van der Waals surface area contributed by atoms with Gasteiger partial charge in [-0.1, -0.05) is 11.6 Å². The van der Waals surface area contributed by atoms with Gasteiger partial charge < -0.3 is 9.47 Å². The third kappa shape index (κ3) is 4.26. The minimum absolute atomic E-state index is 0.0568. The van der Waals surface area contributed by atoms with Gasteiger partial charge in [-0.25, -0.2) is 4.83 Å². The Morgan fingerprint density at radius 3 is 2.50 bits per heavy atom. The predicted octanol–water partition coefficient (Wildman–Crippen LogP) is 3.06. The molecule has 0 saturated heterocycles. The van der Waals surface area contributed by atoms with E-state index in [1.54, 1.807) is 26.4 Å². The minimum atomic E-state index is -3.80. The smallest absolute Gasteiger partial charge is 0.276 e. The number of H-pyrrole nitrogens is 1. The zero-order valence-electron chi connectivity index (χ0n) is 15.0. The van der Waals surface area contributed by atoms with Gasteiger partial charge in [0.15, 0.2) is 11.5 Å². The van der Waals surface area contributed by atoms with E-state index in [1.165, 1.54) is 36.7 Å². The molecule has 1 aromatic heterocycles. The number of methoxy groups -OCH3 is 2. The van der Waals surface area contributed by atoms with E-state index in [2.05, 4.69) is 20.1 Å². The summed E-state index contributed by atoms with van der Waals surface area (Å²) in [7, 11) is -0.703. The van der Waals surface area contributed by atoms with E-state index < -0.39 is 10.0 Å². The Morgan fingerprint density at radius 1 is 1.11 bits per heavy atom. The fourth-order valence-electron chi connectivity index (χ4n) is 2.45. The molecule has 0 spiro atoms. The molecule has 0 atom stereocenters. The highest BCUT2D eigenvalue weighted by atomic mass is 35.5. The van der Waals surface area contributed by atoms with Crippen molar-refractivity contribution in [2.24, 2.45) is 5.10 Å². The first-order valence-electron chi connectivity index (χ1n) is 8.01. The summed E-state index contributed by atoms with van der Waals surface area (Å²) in [6.07, 6.45) is 2.90. The fraction of sp³-hybridized carbons (Fsp3) is 0.111. The van der Waals surface area contributed by atoms with Gasteiger partial charge in [0.05, 0.1) is 37.2 Å². The summed E-state index contributed by atoms with van der Waals surface area (Å²) in [6.45, 7) is 0. The molecule has 10 heteroatoms. The Labute approximate surface area is 167 Å². The quantitative estimate of drug-likeness (QED) is 0.451. The number of ether oxygens (including phenoxy) is 2. The molecule has 0 aliphatic heterocycles. The Bertz CT molecular complexity index is 1100. The first-order valence-corrected chi connectivity index (χ1v) is 9.87.